The van der Waals surface area contributed by atoms with E-state index >= 15 is 0 Å². The quantitative estimate of drug-likeness (QED) is 0.605. The van der Waals surface area contributed by atoms with Gasteiger partial charge in [0.25, 0.3) is 0 Å². The highest BCUT2D eigenvalue weighted by atomic mass is 28.2. The first-order valence-corrected chi connectivity index (χ1v) is 6.58. The van der Waals surface area contributed by atoms with Crippen LogP contribution in [0.15, 0.2) is 11.3 Å². The van der Waals surface area contributed by atoms with Crippen molar-refractivity contribution in [2.24, 2.45) is 0 Å². The molecule has 0 rings (SSSR count). The lowest BCUT2D eigenvalue weighted by molar-refractivity contribution is 0.612. The molecule has 0 aliphatic rings. The Hall–Kier alpha value is -0.0831. The molecule has 0 amide bonds. The summed E-state index contributed by atoms with van der Waals surface area (Å²) in [7, 11) is -0.851. The summed E-state index contributed by atoms with van der Waals surface area (Å²) in [5, 5.41) is 0. The zero-order valence-corrected chi connectivity index (χ0v) is 9.89. The Morgan fingerprint density at radius 2 is 1.67 bits per heavy atom. The first-order chi connectivity index (χ1) is 5.85. The SMILES string of the molecule is CCCCC(=C[SiH2]O)CCCC. The summed E-state index contributed by atoms with van der Waals surface area (Å²) < 4.78 is 0. The molecule has 0 atom stereocenters. The average molecular weight is 186 g/mol. The van der Waals surface area contributed by atoms with E-state index < -0.39 is 9.76 Å². The Morgan fingerprint density at radius 3 is 2.00 bits per heavy atom. The maximum Gasteiger partial charge on any atom is 0.180 e. The van der Waals surface area contributed by atoms with Gasteiger partial charge in [0.15, 0.2) is 9.76 Å². The Balaban J connectivity index is 3.62. The number of allylic oxidation sites excluding steroid dienone is 1. The van der Waals surface area contributed by atoms with Crippen molar-refractivity contribution in [3.63, 3.8) is 0 Å². The van der Waals surface area contributed by atoms with Gasteiger partial charge in [-0.05, 0) is 25.7 Å². The summed E-state index contributed by atoms with van der Waals surface area (Å²) in [6, 6.07) is 0. The van der Waals surface area contributed by atoms with Gasteiger partial charge in [-0.3, -0.25) is 0 Å². The van der Waals surface area contributed by atoms with E-state index in [1.807, 2.05) is 0 Å². The molecule has 0 saturated carbocycles. The monoisotopic (exact) mass is 186 g/mol. The predicted octanol–water partition coefficient (Wildman–Crippen LogP) is 2.33. The van der Waals surface area contributed by atoms with Crippen LogP contribution < -0.4 is 0 Å². The molecule has 1 nitrogen and oxygen atoms in total. The van der Waals surface area contributed by atoms with Crippen molar-refractivity contribution >= 4 is 9.76 Å². The third-order valence-electron chi connectivity index (χ3n) is 2.08. The molecule has 0 radical (unpaired) electrons. The maximum atomic E-state index is 8.90. The summed E-state index contributed by atoms with van der Waals surface area (Å²) in [5.74, 6) is 0. The summed E-state index contributed by atoms with van der Waals surface area (Å²) in [5.41, 5.74) is 3.62. The topological polar surface area (TPSA) is 20.2 Å². The van der Waals surface area contributed by atoms with Crippen molar-refractivity contribution in [1.82, 2.24) is 0 Å². The van der Waals surface area contributed by atoms with Crippen molar-refractivity contribution in [1.29, 1.82) is 0 Å². The highest BCUT2D eigenvalue weighted by Gasteiger charge is 1.95. The van der Waals surface area contributed by atoms with Crippen LogP contribution in [0, 0.1) is 0 Å². The standard InChI is InChI=1S/C10H22OSi/c1-3-5-7-10(9-12-11)8-6-4-2/h9,11H,3-8,12H2,1-2H3. The fourth-order valence-corrected chi connectivity index (χ4v) is 1.93. The Morgan fingerprint density at radius 1 is 1.17 bits per heavy atom. The van der Waals surface area contributed by atoms with Gasteiger partial charge in [0.2, 0.25) is 0 Å². The molecule has 0 aliphatic heterocycles. The van der Waals surface area contributed by atoms with Gasteiger partial charge in [0.1, 0.15) is 0 Å². The zero-order valence-electron chi connectivity index (χ0n) is 8.47. The van der Waals surface area contributed by atoms with Crippen LogP contribution in [0.2, 0.25) is 0 Å². The average Bonchev–Trinajstić information content (AvgIpc) is 2.10. The van der Waals surface area contributed by atoms with Crippen LogP contribution in [0.3, 0.4) is 0 Å². The van der Waals surface area contributed by atoms with E-state index in [1.54, 1.807) is 0 Å². The minimum atomic E-state index is -0.851. The second kappa shape index (κ2) is 9.01. The second-order valence-electron chi connectivity index (χ2n) is 3.25. The molecule has 0 aromatic heterocycles. The van der Waals surface area contributed by atoms with Gasteiger partial charge in [-0.1, -0.05) is 38.0 Å². The molecule has 0 aromatic rings. The highest BCUT2D eigenvalue weighted by molar-refractivity contribution is 6.32. The van der Waals surface area contributed by atoms with E-state index in [0.29, 0.717) is 0 Å². The largest absolute Gasteiger partial charge is 0.434 e. The minimum Gasteiger partial charge on any atom is -0.434 e. The molecular weight excluding hydrogens is 164 g/mol. The van der Waals surface area contributed by atoms with Gasteiger partial charge >= 0.3 is 0 Å². The van der Waals surface area contributed by atoms with Crippen LogP contribution in [0.25, 0.3) is 0 Å². The zero-order chi connectivity index (χ0) is 9.23. The summed E-state index contributed by atoms with van der Waals surface area (Å²) in [6.07, 6.45) is 7.51. The van der Waals surface area contributed by atoms with E-state index in [9.17, 15) is 0 Å². The molecule has 12 heavy (non-hydrogen) atoms. The first-order valence-electron chi connectivity index (χ1n) is 5.13. The lowest BCUT2D eigenvalue weighted by Gasteiger charge is -2.04. The van der Waals surface area contributed by atoms with E-state index in [1.165, 1.54) is 44.1 Å². The molecule has 0 heterocycles. The fraction of sp³-hybridized carbons (Fsp3) is 0.800. The number of hydrogen-bond acceptors (Lipinski definition) is 1. The lowest BCUT2D eigenvalue weighted by Crippen LogP contribution is -1.89. The van der Waals surface area contributed by atoms with Crippen LogP contribution in [-0.4, -0.2) is 14.6 Å². The van der Waals surface area contributed by atoms with E-state index in [4.69, 9.17) is 4.80 Å². The molecule has 0 unspecified atom stereocenters. The molecule has 0 aromatic carbocycles. The van der Waals surface area contributed by atoms with Gasteiger partial charge in [-0.15, -0.1) is 0 Å². The van der Waals surface area contributed by atoms with E-state index in [-0.39, 0.29) is 0 Å². The minimum absolute atomic E-state index is 0.851. The van der Waals surface area contributed by atoms with Gasteiger partial charge in [0, 0.05) is 0 Å². The molecular formula is C10H22OSi. The Labute approximate surface area is 78.8 Å². The third kappa shape index (κ3) is 6.62. The van der Waals surface area contributed by atoms with Crippen molar-refractivity contribution in [3.8, 4) is 0 Å². The molecule has 0 aliphatic carbocycles. The smallest absolute Gasteiger partial charge is 0.180 e. The molecule has 0 saturated heterocycles. The van der Waals surface area contributed by atoms with Crippen molar-refractivity contribution in [2.45, 2.75) is 52.4 Å². The summed E-state index contributed by atoms with van der Waals surface area (Å²) in [4.78, 5) is 8.90. The van der Waals surface area contributed by atoms with Crippen LogP contribution in [0.4, 0.5) is 0 Å². The normalized spacial score (nSPS) is 10.9. The van der Waals surface area contributed by atoms with E-state index in [0.717, 1.165) is 0 Å². The van der Waals surface area contributed by atoms with Crippen LogP contribution >= 0.6 is 0 Å². The summed E-state index contributed by atoms with van der Waals surface area (Å²) in [6.45, 7) is 4.43. The third-order valence-corrected chi connectivity index (χ3v) is 2.84. The van der Waals surface area contributed by atoms with Crippen LogP contribution in [0.5, 0.6) is 0 Å². The van der Waals surface area contributed by atoms with Gasteiger partial charge in [0.05, 0.1) is 0 Å². The van der Waals surface area contributed by atoms with E-state index in [2.05, 4.69) is 19.5 Å². The first kappa shape index (κ1) is 11.9. The molecule has 2 heteroatoms. The molecule has 72 valence electrons. The Bertz CT molecular complexity index is 111. The molecule has 0 fully saturated rings. The molecule has 0 bridgehead atoms. The number of unbranched alkanes of at least 4 members (excludes halogenated alkanes) is 2. The fourth-order valence-electron chi connectivity index (χ4n) is 1.27. The number of rotatable bonds is 7. The maximum absolute atomic E-state index is 8.90. The lowest BCUT2D eigenvalue weighted by atomic mass is 10.1. The van der Waals surface area contributed by atoms with Crippen LogP contribution in [0.1, 0.15) is 52.4 Å². The van der Waals surface area contributed by atoms with Gasteiger partial charge in [-0.2, -0.15) is 0 Å². The van der Waals surface area contributed by atoms with Crippen LogP contribution in [-0.2, 0) is 0 Å². The predicted molar refractivity (Wildman–Crippen MR) is 57.9 cm³/mol. The van der Waals surface area contributed by atoms with Gasteiger partial charge in [-0.25, -0.2) is 0 Å². The van der Waals surface area contributed by atoms with Crippen molar-refractivity contribution in [2.75, 3.05) is 0 Å². The molecule has 1 N–H and O–H groups in total. The number of hydrogen-bond donors (Lipinski definition) is 1. The highest BCUT2D eigenvalue weighted by Crippen LogP contribution is 2.13. The van der Waals surface area contributed by atoms with Crippen molar-refractivity contribution < 1.29 is 4.80 Å². The van der Waals surface area contributed by atoms with Crippen molar-refractivity contribution in [3.05, 3.63) is 11.3 Å². The second-order valence-corrected chi connectivity index (χ2v) is 4.03. The molecule has 0 spiro atoms. The Kier molecular flexibility index (Phi) is 8.95. The van der Waals surface area contributed by atoms with Gasteiger partial charge < -0.3 is 4.80 Å². The summed E-state index contributed by atoms with van der Waals surface area (Å²) >= 11 is 0.